The number of nitrogens with one attached hydrogen (secondary N) is 1. The van der Waals surface area contributed by atoms with Crippen molar-refractivity contribution in [3.05, 3.63) is 0 Å². The first-order valence-corrected chi connectivity index (χ1v) is 4.17. The maximum atomic E-state index is 10.1. The fourth-order valence-corrected chi connectivity index (χ4v) is 0.674. The summed E-state index contributed by atoms with van der Waals surface area (Å²) in [5.41, 5.74) is 2.66. The first-order chi connectivity index (χ1) is 5.68. The van der Waals surface area contributed by atoms with Gasteiger partial charge in [0.15, 0.2) is 0 Å². The zero-order chi connectivity index (χ0) is 9.40. The number of carboxylic acids is 1. The van der Waals surface area contributed by atoms with E-state index < -0.39 is 5.97 Å². The van der Waals surface area contributed by atoms with E-state index in [9.17, 15) is 9.90 Å². The molecule has 0 fully saturated rings. The normalized spacial score (nSPS) is 10.5. The zero-order valence-corrected chi connectivity index (χ0v) is 10.6. The van der Waals surface area contributed by atoms with Gasteiger partial charge in [0.1, 0.15) is 0 Å². The van der Waals surface area contributed by atoms with Gasteiger partial charge in [-0.15, -0.1) is 0 Å². The summed E-state index contributed by atoms with van der Waals surface area (Å²) >= 11 is 0. The molecular weight excluding hydrogens is 179 g/mol. The molecule has 0 saturated carbocycles. The third-order valence-corrected chi connectivity index (χ3v) is 1.43. The Hall–Kier alpha value is -0.0600. The van der Waals surface area contributed by atoms with E-state index >= 15 is 0 Å². The molecule has 0 radical (unpaired) electrons. The minimum atomic E-state index is -1.22. The summed E-state index contributed by atoms with van der Waals surface area (Å²) in [6.45, 7) is 4.23. The van der Waals surface area contributed by atoms with Crippen LogP contribution in [0, 0.1) is 0 Å². The van der Waals surface area contributed by atoms with Crippen LogP contribution in [0.15, 0.2) is 5.10 Å². The molecule has 70 valence electrons. The van der Waals surface area contributed by atoms with Crippen molar-refractivity contribution in [2.24, 2.45) is 5.10 Å². The van der Waals surface area contributed by atoms with Crippen molar-refractivity contribution in [1.29, 1.82) is 0 Å². The minimum Gasteiger partial charge on any atom is -0.543 e. The van der Waals surface area contributed by atoms with Crippen molar-refractivity contribution in [3.8, 4) is 0 Å². The zero-order valence-electron chi connectivity index (χ0n) is 8.59. The summed E-state index contributed by atoms with van der Waals surface area (Å²) in [4.78, 5) is 10.1. The number of hydrogen-bond donors (Lipinski definition) is 1. The predicted octanol–water partition coefficient (Wildman–Crippen LogP) is -3.10. The van der Waals surface area contributed by atoms with Crippen LogP contribution in [0.3, 0.4) is 0 Å². The van der Waals surface area contributed by atoms with Crippen LogP contribution in [-0.2, 0) is 4.79 Å². The molecule has 13 heavy (non-hydrogen) atoms. The summed E-state index contributed by atoms with van der Waals surface area (Å²) in [6.07, 6.45) is 3.29. The van der Waals surface area contributed by atoms with Gasteiger partial charge in [-0.1, -0.05) is 19.8 Å². The fraction of sp³-hybridized carbons (Fsp3) is 0.750. The maximum Gasteiger partial charge on any atom is 1.00 e. The fourth-order valence-electron chi connectivity index (χ4n) is 0.674. The van der Waals surface area contributed by atoms with E-state index in [1.807, 2.05) is 0 Å². The van der Waals surface area contributed by atoms with Gasteiger partial charge in [-0.3, -0.25) is 0 Å². The molecule has 0 aliphatic carbocycles. The smallest absolute Gasteiger partial charge is 0.543 e. The van der Waals surface area contributed by atoms with E-state index in [-0.39, 0.29) is 35.3 Å². The molecule has 0 aliphatic rings. The van der Waals surface area contributed by atoms with Gasteiger partial charge in [0.25, 0.3) is 0 Å². The standard InChI is InChI=1S/C8H16N2O2.Na/c1-3-4-5-6-9-10-7(2)8(11)12;/h9H,3-6H2,1-2H3,(H,11,12);/q;+1/p-1/b10-7-;. The summed E-state index contributed by atoms with van der Waals surface area (Å²) < 4.78 is 0. The molecule has 0 spiro atoms. The van der Waals surface area contributed by atoms with Gasteiger partial charge in [-0.25, -0.2) is 0 Å². The molecule has 0 atom stereocenters. The van der Waals surface area contributed by atoms with E-state index in [0.29, 0.717) is 0 Å². The number of hydrogen-bond acceptors (Lipinski definition) is 4. The Morgan fingerprint density at radius 2 is 2.08 bits per heavy atom. The van der Waals surface area contributed by atoms with Gasteiger partial charge in [0.05, 0.1) is 11.7 Å². The quantitative estimate of drug-likeness (QED) is 0.211. The van der Waals surface area contributed by atoms with Crippen LogP contribution in [0.1, 0.15) is 33.1 Å². The molecule has 0 saturated heterocycles. The Kier molecular flexibility index (Phi) is 11.9. The van der Waals surface area contributed by atoms with Crippen LogP contribution in [0.2, 0.25) is 0 Å². The number of hydrazone groups is 1. The monoisotopic (exact) mass is 194 g/mol. The van der Waals surface area contributed by atoms with Crippen molar-refractivity contribution >= 4 is 11.7 Å². The first-order valence-electron chi connectivity index (χ1n) is 4.17. The third-order valence-electron chi connectivity index (χ3n) is 1.43. The Morgan fingerprint density at radius 1 is 1.46 bits per heavy atom. The third kappa shape index (κ3) is 9.86. The molecular formula is C8H15N2NaO2. The number of carbonyl (C=O) groups is 1. The van der Waals surface area contributed by atoms with Crippen molar-refractivity contribution in [3.63, 3.8) is 0 Å². The average Bonchev–Trinajstić information content (AvgIpc) is 2.03. The largest absolute Gasteiger partial charge is 1.00 e. The van der Waals surface area contributed by atoms with Crippen LogP contribution in [0.4, 0.5) is 0 Å². The van der Waals surface area contributed by atoms with Crippen LogP contribution < -0.4 is 40.1 Å². The Morgan fingerprint density at radius 3 is 2.54 bits per heavy atom. The van der Waals surface area contributed by atoms with E-state index in [2.05, 4.69) is 17.5 Å². The van der Waals surface area contributed by atoms with Gasteiger partial charge in [-0.2, -0.15) is 5.10 Å². The molecule has 0 aromatic rings. The van der Waals surface area contributed by atoms with E-state index in [1.54, 1.807) is 0 Å². The van der Waals surface area contributed by atoms with Gasteiger partial charge < -0.3 is 15.3 Å². The second-order valence-corrected chi connectivity index (χ2v) is 2.60. The number of unbranched alkanes of at least 4 members (excludes halogenated alkanes) is 2. The Labute approximate surface area is 101 Å². The van der Waals surface area contributed by atoms with Crippen molar-refractivity contribution in [1.82, 2.24) is 5.43 Å². The number of carbonyl (C=O) groups excluding carboxylic acids is 1. The van der Waals surface area contributed by atoms with Gasteiger partial charge in [0.2, 0.25) is 0 Å². The second kappa shape index (κ2) is 10.0. The second-order valence-electron chi connectivity index (χ2n) is 2.60. The average molecular weight is 194 g/mol. The molecule has 1 N–H and O–H groups in total. The summed E-state index contributed by atoms with van der Waals surface area (Å²) in [5, 5.41) is 13.7. The van der Waals surface area contributed by atoms with E-state index in [0.717, 1.165) is 25.8 Å². The molecule has 0 aromatic heterocycles. The van der Waals surface area contributed by atoms with Gasteiger partial charge in [-0.05, 0) is 13.3 Å². The predicted molar refractivity (Wildman–Crippen MR) is 45.6 cm³/mol. The number of nitrogens with zero attached hydrogens (tertiary/aromatic N) is 1. The van der Waals surface area contributed by atoms with Gasteiger partial charge >= 0.3 is 29.6 Å². The molecule has 0 aliphatic heterocycles. The summed E-state index contributed by atoms with van der Waals surface area (Å²) in [7, 11) is 0. The van der Waals surface area contributed by atoms with Crippen LogP contribution in [0.5, 0.6) is 0 Å². The minimum absolute atomic E-state index is 0. The van der Waals surface area contributed by atoms with Crippen molar-refractivity contribution < 1.29 is 39.5 Å². The molecule has 0 unspecified atom stereocenters. The molecule has 0 heterocycles. The maximum absolute atomic E-state index is 10.1. The van der Waals surface area contributed by atoms with Crippen molar-refractivity contribution in [2.45, 2.75) is 33.1 Å². The number of aliphatic carboxylic acids is 1. The number of carboxylic acid groups (broad SMARTS) is 1. The van der Waals surface area contributed by atoms with Crippen LogP contribution in [0.25, 0.3) is 0 Å². The van der Waals surface area contributed by atoms with E-state index in [1.165, 1.54) is 6.92 Å². The molecule has 0 aromatic carbocycles. The molecule has 0 bridgehead atoms. The van der Waals surface area contributed by atoms with E-state index in [4.69, 9.17) is 0 Å². The molecule has 0 amide bonds. The topological polar surface area (TPSA) is 64.5 Å². The molecule has 5 heteroatoms. The van der Waals surface area contributed by atoms with Crippen molar-refractivity contribution in [2.75, 3.05) is 6.54 Å². The van der Waals surface area contributed by atoms with Gasteiger partial charge in [0, 0.05) is 6.54 Å². The first kappa shape index (κ1) is 15.4. The Bertz CT molecular complexity index is 172. The summed E-state index contributed by atoms with van der Waals surface area (Å²) in [5.74, 6) is -1.22. The van der Waals surface area contributed by atoms with Crippen LogP contribution in [-0.4, -0.2) is 18.2 Å². The Balaban J connectivity index is 0. The molecule has 0 rings (SSSR count). The summed E-state index contributed by atoms with van der Waals surface area (Å²) in [6, 6.07) is 0. The molecule has 4 nitrogen and oxygen atoms in total. The SMILES string of the molecule is CCCCCN/N=C(/C)C(=O)[O-].[Na+]. The van der Waals surface area contributed by atoms with Crippen LogP contribution >= 0.6 is 0 Å². The number of rotatable bonds is 6.